The number of nitrogens with zero attached hydrogens (tertiary/aromatic N) is 3. The van der Waals surface area contributed by atoms with Crippen LogP contribution in [0.2, 0.25) is 0 Å². The summed E-state index contributed by atoms with van der Waals surface area (Å²) in [6, 6.07) is 5.48. The zero-order chi connectivity index (χ0) is 14.2. The monoisotopic (exact) mass is 279 g/mol. The van der Waals surface area contributed by atoms with E-state index in [1.54, 1.807) is 6.07 Å². The molecule has 4 nitrogen and oxygen atoms in total. The average Bonchev–Trinajstić information content (AvgIpc) is 2.48. The van der Waals surface area contributed by atoms with E-state index in [1.165, 1.54) is 36.9 Å². The van der Waals surface area contributed by atoms with E-state index in [1.807, 2.05) is 24.5 Å². The van der Waals surface area contributed by atoms with Crippen LogP contribution < -0.4 is 5.56 Å². The first-order valence-electron chi connectivity index (χ1n) is 7.62. The molecular weight excluding hydrogens is 262 g/mol. The molecule has 4 rings (SSSR count). The number of aromatic nitrogens is 3. The summed E-state index contributed by atoms with van der Waals surface area (Å²) >= 11 is 0. The van der Waals surface area contributed by atoms with E-state index in [4.69, 9.17) is 0 Å². The van der Waals surface area contributed by atoms with Crippen LogP contribution in [-0.4, -0.2) is 14.4 Å². The lowest BCUT2D eigenvalue weighted by atomic mass is 9.95. The van der Waals surface area contributed by atoms with Gasteiger partial charge in [0.05, 0.1) is 5.52 Å². The van der Waals surface area contributed by atoms with Gasteiger partial charge in [0.1, 0.15) is 0 Å². The Kier molecular flexibility index (Phi) is 2.95. The molecular formula is C17H17N3O. The van der Waals surface area contributed by atoms with Gasteiger partial charge in [-0.3, -0.25) is 9.78 Å². The van der Waals surface area contributed by atoms with Crippen LogP contribution in [0.3, 0.4) is 0 Å². The van der Waals surface area contributed by atoms with Crippen molar-refractivity contribution in [2.24, 2.45) is 0 Å². The molecule has 3 aromatic rings. The van der Waals surface area contributed by atoms with Gasteiger partial charge in [-0.05, 0) is 43.4 Å². The molecule has 0 radical (unpaired) electrons. The highest BCUT2D eigenvalue weighted by atomic mass is 16.1. The summed E-state index contributed by atoms with van der Waals surface area (Å²) in [7, 11) is 0. The largest absolute Gasteiger partial charge is 0.304 e. The van der Waals surface area contributed by atoms with Crippen LogP contribution >= 0.6 is 0 Å². The molecule has 0 spiro atoms. The Balaban J connectivity index is 2.18. The maximum absolute atomic E-state index is 11.7. The van der Waals surface area contributed by atoms with Gasteiger partial charge in [0, 0.05) is 29.5 Å². The quantitative estimate of drug-likeness (QED) is 0.594. The smallest absolute Gasteiger partial charge is 0.273 e. The minimum Gasteiger partial charge on any atom is -0.304 e. The standard InChI is InChI=1S/C17H17N3O/c21-15-9-11-20-14-8-4-2-1-3-6-12(14)16-13(17(20)19-15)7-5-10-18-16/h5,7,9-11H,1-4,6,8H2. The summed E-state index contributed by atoms with van der Waals surface area (Å²) in [6.07, 6.45) is 10.7. The van der Waals surface area contributed by atoms with E-state index in [9.17, 15) is 4.79 Å². The SMILES string of the molecule is O=c1ccn2c3c(c4ncccc4c2n1)CCCCCC3. The van der Waals surface area contributed by atoms with Gasteiger partial charge in [0.15, 0.2) is 5.65 Å². The maximum atomic E-state index is 11.7. The Morgan fingerprint density at radius 3 is 2.81 bits per heavy atom. The summed E-state index contributed by atoms with van der Waals surface area (Å²) in [5, 5.41) is 0.981. The normalized spacial score (nSPS) is 15.6. The molecule has 0 aliphatic heterocycles. The van der Waals surface area contributed by atoms with E-state index < -0.39 is 0 Å². The highest BCUT2D eigenvalue weighted by Gasteiger charge is 2.16. The van der Waals surface area contributed by atoms with E-state index in [2.05, 4.69) is 14.4 Å². The second-order valence-corrected chi connectivity index (χ2v) is 5.70. The van der Waals surface area contributed by atoms with Crippen LogP contribution in [0.5, 0.6) is 0 Å². The van der Waals surface area contributed by atoms with Crippen molar-refractivity contribution < 1.29 is 0 Å². The molecule has 0 atom stereocenters. The molecule has 0 fully saturated rings. The minimum absolute atomic E-state index is 0.189. The van der Waals surface area contributed by atoms with E-state index >= 15 is 0 Å². The van der Waals surface area contributed by atoms with Gasteiger partial charge in [0.25, 0.3) is 5.56 Å². The molecule has 3 heterocycles. The predicted octanol–water partition coefficient (Wildman–Crippen LogP) is 2.90. The molecule has 1 aliphatic carbocycles. The van der Waals surface area contributed by atoms with Crippen molar-refractivity contribution in [1.29, 1.82) is 0 Å². The highest BCUT2D eigenvalue weighted by molar-refractivity contribution is 5.93. The molecule has 3 aromatic heterocycles. The molecule has 0 aromatic carbocycles. The summed E-state index contributed by atoms with van der Waals surface area (Å²) in [5.74, 6) is 0. The van der Waals surface area contributed by atoms with Gasteiger partial charge in [-0.2, -0.15) is 4.98 Å². The van der Waals surface area contributed by atoms with Crippen molar-refractivity contribution >= 4 is 16.6 Å². The van der Waals surface area contributed by atoms with Crippen LogP contribution in [-0.2, 0) is 12.8 Å². The maximum Gasteiger partial charge on any atom is 0.273 e. The third-order valence-electron chi connectivity index (χ3n) is 4.37. The molecule has 21 heavy (non-hydrogen) atoms. The molecule has 4 heteroatoms. The molecule has 0 N–H and O–H groups in total. The van der Waals surface area contributed by atoms with E-state index in [0.717, 1.165) is 29.4 Å². The first-order chi connectivity index (χ1) is 10.3. The topological polar surface area (TPSA) is 47.3 Å². The minimum atomic E-state index is -0.189. The number of aryl methyl sites for hydroxylation is 2. The van der Waals surface area contributed by atoms with Crippen molar-refractivity contribution in [3.05, 3.63) is 52.2 Å². The number of hydrogen-bond acceptors (Lipinski definition) is 3. The fraction of sp³-hybridized carbons (Fsp3) is 0.353. The lowest BCUT2D eigenvalue weighted by molar-refractivity contribution is 0.606. The first-order valence-corrected chi connectivity index (χ1v) is 7.62. The molecule has 0 saturated carbocycles. The Morgan fingerprint density at radius 2 is 1.90 bits per heavy atom. The zero-order valence-corrected chi connectivity index (χ0v) is 11.9. The Bertz CT molecular complexity index is 882. The van der Waals surface area contributed by atoms with Gasteiger partial charge in [-0.25, -0.2) is 0 Å². The molecule has 1 aliphatic rings. The van der Waals surface area contributed by atoms with Gasteiger partial charge >= 0.3 is 0 Å². The number of rotatable bonds is 0. The molecule has 0 bridgehead atoms. The molecule has 0 amide bonds. The summed E-state index contributed by atoms with van der Waals surface area (Å²) in [6.45, 7) is 0. The molecule has 0 unspecified atom stereocenters. The first kappa shape index (κ1) is 12.5. The van der Waals surface area contributed by atoms with E-state index in [-0.39, 0.29) is 5.56 Å². The summed E-state index contributed by atoms with van der Waals surface area (Å²) < 4.78 is 2.10. The van der Waals surface area contributed by atoms with Crippen molar-refractivity contribution in [3.8, 4) is 0 Å². The van der Waals surface area contributed by atoms with Gasteiger partial charge in [-0.15, -0.1) is 0 Å². The lowest BCUT2D eigenvalue weighted by Crippen LogP contribution is -2.14. The fourth-order valence-electron chi connectivity index (χ4n) is 3.40. The molecule has 0 saturated heterocycles. The lowest BCUT2D eigenvalue weighted by Gasteiger charge is -2.19. The summed E-state index contributed by atoms with van der Waals surface area (Å²) in [4.78, 5) is 20.5. The number of fused-ring (bicyclic) bond motifs is 6. The second kappa shape index (κ2) is 4.95. The Morgan fingerprint density at radius 1 is 1.05 bits per heavy atom. The van der Waals surface area contributed by atoms with Crippen molar-refractivity contribution in [1.82, 2.24) is 14.4 Å². The van der Waals surface area contributed by atoms with Crippen LogP contribution in [0.4, 0.5) is 0 Å². The third kappa shape index (κ3) is 2.02. The van der Waals surface area contributed by atoms with Gasteiger partial charge in [-0.1, -0.05) is 12.8 Å². The zero-order valence-electron chi connectivity index (χ0n) is 11.9. The fourth-order valence-corrected chi connectivity index (χ4v) is 3.40. The van der Waals surface area contributed by atoms with Crippen molar-refractivity contribution in [2.75, 3.05) is 0 Å². The summed E-state index contributed by atoms with van der Waals surface area (Å²) in [5.41, 5.74) is 4.19. The highest BCUT2D eigenvalue weighted by Crippen LogP contribution is 2.28. The third-order valence-corrected chi connectivity index (χ3v) is 4.37. The Labute approximate surface area is 122 Å². The Hall–Kier alpha value is -2.23. The predicted molar refractivity (Wildman–Crippen MR) is 82.6 cm³/mol. The van der Waals surface area contributed by atoms with Gasteiger partial charge in [0.2, 0.25) is 0 Å². The van der Waals surface area contributed by atoms with E-state index in [0.29, 0.717) is 0 Å². The van der Waals surface area contributed by atoms with Gasteiger partial charge < -0.3 is 4.40 Å². The van der Waals surface area contributed by atoms with Crippen molar-refractivity contribution in [3.63, 3.8) is 0 Å². The second-order valence-electron chi connectivity index (χ2n) is 5.70. The van der Waals surface area contributed by atoms with Crippen LogP contribution in [0.25, 0.3) is 16.6 Å². The average molecular weight is 279 g/mol. The van der Waals surface area contributed by atoms with Crippen LogP contribution in [0, 0.1) is 0 Å². The van der Waals surface area contributed by atoms with Crippen LogP contribution in [0.1, 0.15) is 36.9 Å². The number of pyridine rings is 2. The number of hydrogen-bond donors (Lipinski definition) is 0. The van der Waals surface area contributed by atoms with Crippen LogP contribution in [0.15, 0.2) is 35.4 Å². The van der Waals surface area contributed by atoms with Crippen molar-refractivity contribution in [2.45, 2.75) is 38.5 Å². The molecule has 106 valence electrons.